The fraction of sp³-hybridized carbons (Fsp3) is 1.00. The van der Waals surface area contributed by atoms with Gasteiger partial charge >= 0.3 is 0 Å². The van der Waals surface area contributed by atoms with Crippen molar-refractivity contribution in [1.82, 2.24) is 0 Å². The fourth-order valence-electron chi connectivity index (χ4n) is 3.24. The van der Waals surface area contributed by atoms with Gasteiger partial charge in [0.05, 0.1) is 13.2 Å². The van der Waals surface area contributed by atoms with Crippen LogP contribution in [0.15, 0.2) is 0 Å². The Labute approximate surface area is 93.0 Å². The third-order valence-corrected chi connectivity index (χ3v) is 4.56. The molecule has 2 aliphatic rings. The van der Waals surface area contributed by atoms with Gasteiger partial charge in [0.25, 0.3) is 0 Å². The van der Waals surface area contributed by atoms with Crippen LogP contribution in [-0.4, -0.2) is 38.4 Å². The second-order valence-electron chi connectivity index (χ2n) is 5.43. The minimum atomic E-state index is 0.496. The van der Waals surface area contributed by atoms with Crippen LogP contribution in [0.3, 0.4) is 0 Å². The highest BCUT2D eigenvalue weighted by molar-refractivity contribution is 4.84. The van der Waals surface area contributed by atoms with E-state index in [1.165, 1.54) is 38.8 Å². The van der Waals surface area contributed by atoms with Crippen LogP contribution >= 0.6 is 0 Å². The third kappa shape index (κ3) is 2.35. The lowest BCUT2D eigenvalue weighted by molar-refractivity contribution is -0.967. The van der Waals surface area contributed by atoms with Crippen molar-refractivity contribution in [1.29, 1.82) is 0 Å². The lowest BCUT2D eigenvalue weighted by atomic mass is 9.76. The standard InChI is InChI=1S/C12H24N2O/c1-11-2-4-12(10-13,5-3-11)14-6-8-15-9-7-14/h11H,2-10,13H2,1H3/p+2. The largest absolute Gasteiger partial charge is 0.370 e. The molecule has 2 fully saturated rings. The zero-order valence-electron chi connectivity index (χ0n) is 10.1. The van der Waals surface area contributed by atoms with Crippen LogP contribution in [0.25, 0.3) is 0 Å². The Kier molecular flexibility index (Phi) is 3.65. The number of hydrogen-bond donors (Lipinski definition) is 2. The van der Waals surface area contributed by atoms with Crippen molar-refractivity contribution in [2.45, 2.75) is 38.1 Å². The molecule has 88 valence electrons. The van der Waals surface area contributed by atoms with Gasteiger partial charge < -0.3 is 15.4 Å². The molecule has 0 aromatic heterocycles. The summed E-state index contributed by atoms with van der Waals surface area (Å²) >= 11 is 0. The lowest BCUT2D eigenvalue weighted by Crippen LogP contribution is -3.23. The molecule has 1 aliphatic heterocycles. The molecule has 1 saturated carbocycles. The molecule has 0 unspecified atom stereocenters. The van der Waals surface area contributed by atoms with Gasteiger partial charge in [-0.25, -0.2) is 0 Å². The van der Waals surface area contributed by atoms with Gasteiger partial charge in [-0.2, -0.15) is 0 Å². The van der Waals surface area contributed by atoms with Gasteiger partial charge in [0.2, 0.25) is 0 Å². The van der Waals surface area contributed by atoms with E-state index >= 15 is 0 Å². The second kappa shape index (κ2) is 4.81. The summed E-state index contributed by atoms with van der Waals surface area (Å²) in [5, 5.41) is 0. The summed E-state index contributed by atoms with van der Waals surface area (Å²) < 4.78 is 5.46. The maximum Gasteiger partial charge on any atom is 0.147 e. The third-order valence-electron chi connectivity index (χ3n) is 4.56. The van der Waals surface area contributed by atoms with Crippen LogP contribution in [0, 0.1) is 5.92 Å². The Hall–Kier alpha value is -0.120. The molecule has 3 nitrogen and oxygen atoms in total. The minimum absolute atomic E-state index is 0.496. The van der Waals surface area contributed by atoms with E-state index in [1.807, 2.05) is 0 Å². The molecule has 4 N–H and O–H groups in total. The van der Waals surface area contributed by atoms with Crippen LogP contribution in [0.2, 0.25) is 0 Å². The summed E-state index contributed by atoms with van der Waals surface area (Å²) in [6, 6.07) is 0. The number of ether oxygens (including phenoxy) is 1. The number of morpholine rings is 1. The number of rotatable bonds is 2. The maximum atomic E-state index is 5.46. The Morgan fingerprint density at radius 2 is 1.87 bits per heavy atom. The van der Waals surface area contributed by atoms with Gasteiger partial charge in [0.1, 0.15) is 25.2 Å². The molecule has 0 amide bonds. The molecule has 3 heteroatoms. The van der Waals surface area contributed by atoms with Crippen LogP contribution in [-0.2, 0) is 4.74 Å². The average Bonchev–Trinajstić information content (AvgIpc) is 2.32. The summed E-state index contributed by atoms with van der Waals surface area (Å²) in [6.45, 7) is 7.80. The molecule has 1 saturated heterocycles. The predicted molar refractivity (Wildman–Crippen MR) is 59.6 cm³/mol. The van der Waals surface area contributed by atoms with E-state index < -0.39 is 0 Å². The zero-order valence-corrected chi connectivity index (χ0v) is 10.1. The molecule has 15 heavy (non-hydrogen) atoms. The van der Waals surface area contributed by atoms with Crippen molar-refractivity contribution >= 4 is 0 Å². The van der Waals surface area contributed by atoms with E-state index in [4.69, 9.17) is 4.74 Å². The molecule has 0 aromatic carbocycles. The van der Waals surface area contributed by atoms with E-state index in [9.17, 15) is 0 Å². The summed E-state index contributed by atoms with van der Waals surface area (Å²) in [5.74, 6) is 0.935. The lowest BCUT2D eigenvalue weighted by Gasteiger charge is -2.44. The van der Waals surface area contributed by atoms with Gasteiger partial charge in [0, 0.05) is 12.8 Å². The van der Waals surface area contributed by atoms with Gasteiger partial charge in [0.15, 0.2) is 0 Å². The first-order valence-electron chi connectivity index (χ1n) is 6.49. The molecule has 0 aromatic rings. The van der Waals surface area contributed by atoms with Crippen molar-refractivity contribution in [2.75, 3.05) is 32.8 Å². The van der Waals surface area contributed by atoms with E-state index in [1.54, 1.807) is 4.90 Å². The van der Waals surface area contributed by atoms with Gasteiger partial charge in [-0.05, 0) is 18.8 Å². The highest BCUT2D eigenvalue weighted by Gasteiger charge is 2.44. The van der Waals surface area contributed by atoms with Crippen LogP contribution < -0.4 is 10.6 Å². The van der Waals surface area contributed by atoms with E-state index in [-0.39, 0.29) is 0 Å². The summed E-state index contributed by atoms with van der Waals surface area (Å²) in [7, 11) is 0. The average molecular weight is 214 g/mol. The van der Waals surface area contributed by atoms with Crippen molar-refractivity contribution in [2.24, 2.45) is 5.92 Å². The summed E-state index contributed by atoms with van der Waals surface area (Å²) in [5.41, 5.74) is 4.72. The molecular formula is C12H26N2O+2. The van der Waals surface area contributed by atoms with Crippen molar-refractivity contribution in [3.63, 3.8) is 0 Å². The Balaban J connectivity index is 2.00. The Morgan fingerprint density at radius 1 is 1.27 bits per heavy atom. The molecule has 0 bridgehead atoms. The topological polar surface area (TPSA) is 41.3 Å². The second-order valence-corrected chi connectivity index (χ2v) is 5.43. The van der Waals surface area contributed by atoms with Crippen molar-refractivity contribution in [3.05, 3.63) is 0 Å². The quantitative estimate of drug-likeness (QED) is 0.614. The van der Waals surface area contributed by atoms with E-state index in [0.717, 1.165) is 25.7 Å². The molecule has 0 radical (unpaired) electrons. The first-order valence-corrected chi connectivity index (χ1v) is 6.49. The molecule has 0 atom stereocenters. The molecule has 2 rings (SSSR count). The van der Waals surface area contributed by atoms with Gasteiger partial charge in [-0.15, -0.1) is 0 Å². The first kappa shape index (κ1) is 11.4. The summed E-state index contributed by atoms with van der Waals surface area (Å²) in [6.07, 6.45) is 5.57. The highest BCUT2D eigenvalue weighted by Crippen LogP contribution is 2.28. The monoisotopic (exact) mass is 214 g/mol. The van der Waals surface area contributed by atoms with Gasteiger partial charge in [-0.3, -0.25) is 0 Å². The maximum absolute atomic E-state index is 5.46. The Morgan fingerprint density at radius 3 is 2.40 bits per heavy atom. The molecular weight excluding hydrogens is 188 g/mol. The first-order chi connectivity index (χ1) is 7.27. The van der Waals surface area contributed by atoms with Crippen LogP contribution in [0.5, 0.6) is 0 Å². The molecule has 1 aliphatic carbocycles. The number of nitrogens with one attached hydrogen (secondary N) is 1. The minimum Gasteiger partial charge on any atom is -0.370 e. The van der Waals surface area contributed by atoms with Crippen molar-refractivity contribution in [3.8, 4) is 0 Å². The smallest absolute Gasteiger partial charge is 0.147 e. The molecule has 1 heterocycles. The Bertz CT molecular complexity index is 194. The van der Waals surface area contributed by atoms with E-state index in [2.05, 4.69) is 12.7 Å². The normalized spacial score (nSPS) is 39.2. The van der Waals surface area contributed by atoms with Crippen LogP contribution in [0.4, 0.5) is 0 Å². The zero-order chi connectivity index (χ0) is 10.7. The summed E-state index contributed by atoms with van der Waals surface area (Å²) in [4.78, 5) is 1.77. The van der Waals surface area contributed by atoms with Gasteiger partial charge in [-0.1, -0.05) is 6.92 Å². The van der Waals surface area contributed by atoms with E-state index in [0.29, 0.717) is 5.54 Å². The van der Waals surface area contributed by atoms with Crippen LogP contribution in [0.1, 0.15) is 32.6 Å². The predicted octanol–water partition coefficient (Wildman–Crippen LogP) is -0.908. The fourth-order valence-corrected chi connectivity index (χ4v) is 3.24. The molecule has 0 spiro atoms. The number of hydrogen-bond acceptors (Lipinski definition) is 1. The number of quaternary nitrogens is 2. The van der Waals surface area contributed by atoms with Crippen molar-refractivity contribution < 1.29 is 15.4 Å². The highest BCUT2D eigenvalue weighted by atomic mass is 16.5. The SMILES string of the molecule is CC1CCC(C[NH3+])([NH+]2CCOCC2)CC1.